The van der Waals surface area contributed by atoms with E-state index in [0.717, 1.165) is 17.7 Å². The van der Waals surface area contributed by atoms with Gasteiger partial charge < -0.3 is 20.3 Å². The maximum Gasteiger partial charge on any atom is 0.321 e. The Morgan fingerprint density at radius 1 is 1.28 bits per heavy atom. The second-order valence-corrected chi connectivity index (χ2v) is 6.40. The summed E-state index contributed by atoms with van der Waals surface area (Å²) in [7, 11) is 0. The summed E-state index contributed by atoms with van der Waals surface area (Å²) in [6.45, 7) is 7.19. The normalized spacial score (nSPS) is 15.0. The zero-order valence-corrected chi connectivity index (χ0v) is 15.2. The molecule has 6 heteroatoms. The average molecular weight is 347 g/mol. The van der Waals surface area contributed by atoms with Crippen molar-refractivity contribution in [1.82, 2.24) is 10.2 Å². The molecule has 1 aliphatic heterocycles. The number of piperidine rings is 1. The van der Waals surface area contributed by atoms with Crippen molar-refractivity contribution in [2.24, 2.45) is 5.92 Å². The van der Waals surface area contributed by atoms with Crippen LogP contribution >= 0.6 is 0 Å². The third-order valence-corrected chi connectivity index (χ3v) is 4.39. The Morgan fingerprint density at radius 3 is 2.72 bits per heavy atom. The number of carbonyl (C=O) groups excluding carboxylic acids is 2. The summed E-state index contributed by atoms with van der Waals surface area (Å²) in [6.07, 6.45) is 2.24. The molecule has 2 N–H and O–H groups in total. The van der Waals surface area contributed by atoms with Crippen molar-refractivity contribution in [1.29, 1.82) is 0 Å². The molecule has 1 aliphatic rings. The minimum Gasteiger partial charge on any atom is -0.382 e. The highest BCUT2D eigenvalue weighted by molar-refractivity contribution is 5.89. The molecule has 138 valence electrons. The molecule has 0 radical (unpaired) electrons. The van der Waals surface area contributed by atoms with Gasteiger partial charge in [-0.2, -0.15) is 0 Å². The summed E-state index contributed by atoms with van der Waals surface area (Å²) in [5.41, 5.74) is 1.91. The van der Waals surface area contributed by atoms with Gasteiger partial charge in [-0.1, -0.05) is 12.1 Å². The summed E-state index contributed by atoms with van der Waals surface area (Å²) in [6, 6.07) is 7.65. The van der Waals surface area contributed by atoms with Gasteiger partial charge in [-0.25, -0.2) is 4.79 Å². The van der Waals surface area contributed by atoms with Crippen LogP contribution in [0.1, 0.15) is 31.7 Å². The van der Waals surface area contributed by atoms with Gasteiger partial charge in [0, 0.05) is 44.5 Å². The zero-order chi connectivity index (χ0) is 18.1. The van der Waals surface area contributed by atoms with Gasteiger partial charge in [-0.15, -0.1) is 0 Å². The summed E-state index contributed by atoms with van der Waals surface area (Å²) < 4.78 is 5.25. The molecule has 1 saturated heterocycles. The number of hydrogen-bond donors (Lipinski definition) is 2. The smallest absolute Gasteiger partial charge is 0.321 e. The lowest BCUT2D eigenvalue weighted by molar-refractivity contribution is -0.126. The molecule has 1 heterocycles. The van der Waals surface area contributed by atoms with Crippen molar-refractivity contribution < 1.29 is 14.3 Å². The van der Waals surface area contributed by atoms with E-state index >= 15 is 0 Å². The fourth-order valence-corrected chi connectivity index (χ4v) is 2.94. The molecule has 0 spiro atoms. The quantitative estimate of drug-likeness (QED) is 0.745. The number of likely N-dealkylation sites (tertiary alicyclic amines) is 1. The fraction of sp³-hybridized carbons (Fsp3) is 0.579. The van der Waals surface area contributed by atoms with E-state index in [1.165, 1.54) is 0 Å². The number of rotatable bonds is 7. The predicted octanol–water partition coefficient (Wildman–Crippen LogP) is 2.78. The largest absolute Gasteiger partial charge is 0.382 e. The molecule has 6 nitrogen and oxygen atoms in total. The Bertz CT molecular complexity index is 569. The third-order valence-electron chi connectivity index (χ3n) is 4.39. The van der Waals surface area contributed by atoms with Crippen LogP contribution in [0.5, 0.6) is 0 Å². The standard InChI is InChI=1S/C19H29N3O3/c1-3-25-13-5-10-20-18(23)16-8-11-22(12-9-16)19(24)21-17-7-4-6-15(2)14-17/h4,6-7,14,16H,3,5,8-13H2,1-2H3,(H,20,23)(H,21,24). The van der Waals surface area contributed by atoms with Crippen molar-refractivity contribution in [3.05, 3.63) is 29.8 Å². The van der Waals surface area contributed by atoms with Crippen molar-refractivity contribution in [3.63, 3.8) is 0 Å². The molecule has 0 aliphatic carbocycles. The van der Waals surface area contributed by atoms with Gasteiger partial charge in [0.05, 0.1) is 0 Å². The first-order valence-corrected chi connectivity index (χ1v) is 9.08. The topological polar surface area (TPSA) is 70.7 Å². The molecular formula is C19H29N3O3. The van der Waals surface area contributed by atoms with Crippen LogP contribution in [0.2, 0.25) is 0 Å². The summed E-state index contributed by atoms with van der Waals surface area (Å²) >= 11 is 0. The molecule has 1 fully saturated rings. The average Bonchev–Trinajstić information content (AvgIpc) is 2.61. The number of nitrogens with one attached hydrogen (secondary N) is 2. The lowest BCUT2D eigenvalue weighted by atomic mass is 9.96. The predicted molar refractivity (Wildman–Crippen MR) is 98.6 cm³/mol. The van der Waals surface area contributed by atoms with E-state index < -0.39 is 0 Å². The first kappa shape index (κ1) is 19.2. The number of nitrogens with zero attached hydrogens (tertiary/aromatic N) is 1. The maximum atomic E-state index is 12.3. The van der Waals surface area contributed by atoms with E-state index in [-0.39, 0.29) is 17.9 Å². The van der Waals surface area contributed by atoms with Crippen LogP contribution in [-0.4, -0.2) is 49.7 Å². The van der Waals surface area contributed by atoms with Crippen LogP contribution in [0.25, 0.3) is 0 Å². The van der Waals surface area contributed by atoms with Crippen LogP contribution in [-0.2, 0) is 9.53 Å². The maximum absolute atomic E-state index is 12.3. The number of amides is 3. The number of anilines is 1. The number of carbonyl (C=O) groups is 2. The van der Waals surface area contributed by atoms with Gasteiger partial charge in [0.1, 0.15) is 0 Å². The molecule has 1 aromatic rings. The van der Waals surface area contributed by atoms with Gasteiger partial charge >= 0.3 is 6.03 Å². The van der Waals surface area contributed by atoms with E-state index in [2.05, 4.69) is 10.6 Å². The Hall–Kier alpha value is -2.08. The van der Waals surface area contributed by atoms with Crippen LogP contribution in [0.4, 0.5) is 10.5 Å². The number of urea groups is 1. The molecular weight excluding hydrogens is 318 g/mol. The van der Waals surface area contributed by atoms with Gasteiger partial charge in [-0.05, 0) is 50.8 Å². The second kappa shape index (κ2) is 10.0. The highest BCUT2D eigenvalue weighted by Gasteiger charge is 2.27. The van der Waals surface area contributed by atoms with E-state index in [1.54, 1.807) is 4.90 Å². The molecule has 0 atom stereocenters. The Morgan fingerprint density at radius 2 is 2.04 bits per heavy atom. The zero-order valence-electron chi connectivity index (χ0n) is 15.2. The lowest BCUT2D eigenvalue weighted by Crippen LogP contribution is -2.44. The van der Waals surface area contributed by atoms with Crippen LogP contribution in [0.3, 0.4) is 0 Å². The summed E-state index contributed by atoms with van der Waals surface area (Å²) in [5.74, 6) is 0.0883. The van der Waals surface area contributed by atoms with E-state index in [0.29, 0.717) is 45.7 Å². The number of ether oxygens (including phenoxy) is 1. The van der Waals surface area contributed by atoms with Crippen LogP contribution in [0.15, 0.2) is 24.3 Å². The summed E-state index contributed by atoms with van der Waals surface area (Å²) in [4.78, 5) is 26.3. The van der Waals surface area contributed by atoms with Gasteiger partial charge in [0.25, 0.3) is 0 Å². The van der Waals surface area contributed by atoms with Gasteiger partial charge in [0.15, 0.2) is 0 Å². The van der Waals surface area contributed by atoms with E-state index in [1.807, 2.05) is 38.1 Å². The van der Waals surface area contributed by atoms with Gasteiger partial charge in [0.2, 0.25) is 5.91 Å². The van der Waals surface area contributed by atoms with Gasteiger partial charge in [-0.3, -0.25) is 4.79 Å². The second-order valence-electron chi connectivity index (χ2n) is 6.40. The number of aryl methyl sites for hydroxylation is 1. The minimum atomic E-state index is -0.0961. The number of hydrogen-bond acceptors (Lipinski definition) is 3. The molecule has 3 amide bonds. The summed E-state index contributed by atoms with van der Waals surface area (Å²) in [5, 5.41) is 5.89. The third kappa shape index (κ3) is 6.38. The Labute approximate surface area is 149 Å². The van der Waals surface area contributed by atoms with Crippen LogP contribution in [0, 0.1) is 12.8 Å². The SMILES string of the molecule is CCOCCCNC(=O)C1CCN(C(=O)Nc2cccc(C)c2)CC1. The minimum absolute atomic E-state index is 0.00452. The molecule has 25 heavy (non-hydrogen) atoms. The molecule has 0 unspecified atom stereocenters. The molecule has 0 bridgehead atoms. The first-order chi connectivity index (χ1) is 12.1. The Kier molecular flexibility index (Phi) is 7.73. The van der Waals surface area contributed by atoms with Crippen molar-refractivity contribution in [2.45, 2.75) is 33.1 Å². The molecule has 1 aromatic carbocycles. The first-order valence-electron chi connectivity index (χ1n) is 9.08. The molecule has 0 aromatic heterocycles. The van der Waals surface area contributed by atoms with Crippen molar-refractivity contribution in [2.75, 3.05) is 38.2 Å². The number of benzene rings is 1. The molecule has 2 rings (SSSR count). The van der Waals surface area contributed by atoms with Crippen LogP contribution < -0.4 is 10.6 Å². The molecule has 0 saturated carbocycles. The van der Waals surface area contributed by atoms with Crippen molar-refractivity contribution in [3.8, 4) is 0 Å². The monoisotopic (exact) mass is 347 g/mol. The lowest BCUT2D eigenvalue weighted by Gasteiger charge is -2.31. The Balaban J connectivity index is 1.69. The van der Waals surface area contributed by atoms with E-state index in [4.69, 9.17) is 4.74 Å². The van der Waals surface area contributed by atoms with Crippen molar-refractivity contribution >= 4 is 17.6 Å². The van der Waals surface area contributed by atoms with E-state index in [9.17, 15) is 9.59 Å². The highest BCUT2D eigenvalue weighted by Crippen LogP contribution is 2.19. The highest BCUT2D eigenvalue weighted by atomic mass is 16.5. The fourth-order valence-electron chi connectivity index (χ4n) is 2.94.